The second kappa shape index (κ2) is 8.03. The van der Waals surface area contributed by atoms with Crippen molar-refractivity contribution >= 4 is 6.09 Å². The maximum absolute atomic E-state index is 12.2. The van der Waals surface area contributed by atoms with Crippen molar-refractivity contribution in [3.63, 3.8) is 0 Å². The van der Waals surface area contributed by atoms with Gasteiger partial charge < -0.3 is 15.1 Å². The van der Waals surface area contributed by atoms with E-state index in [1.54, 1.807) is 6.92 Å². The number of aliphatic hydroxyl groups is 1. The number of aliphatic hydroxyl groups excluding tert-OH is 1. The number of amides is 1. The zero-order chi connectivity index (χ0) is 16.8. The molecule has 4 nitrogen and oxygen atoms in total. The summed E-state index contributed by atoms with van der Waals surface area (Å²) >= 11 is 0. The monoisotopic (exact) mass is 319 g/mol. The standard InChI is InChI=1S/C9H9F3O.C6H11NO2/c1-6-2-7(5-13)4-8(3-6)9(10,11)12;8-6(9)7-4-2-1-3-5-7/h2-4,13H,5H2,1H3;1-5H2,(H,8,9). The van der Waals surface area contributed by atoms with Crippen LogP contribution in [0.3, 0.4) is 0 Å². The van der Waals surface area contributed by atoms with Gasteiger partial charge in [-0.1, -0.05) is 11.6 Å². The Morgan fingerprint density at radius 3 is 2.18 bits per heavy atom. The predicted octanol–water partition coefficient (Wildman–Crippen LogP) is 3.66. The van der Waals surface area contributed by atoms with Crippen molar-refractivity contribution in [2.24, 2.45) is 0 Å². The van der Waals surface area contributed by atoms with E-state index in [0.717, 1.165) is 38.1 Å². The maximum Gasteiger partial charge on any atom is 0.416 e. The van der Waals surface area contributed by atoms with Crippen LogP contribution >= 0.6 is 0 Å². The highest BCUT2D eigenvalue weighted by Gasteiger charge is 2.30. The van der Waals surface area contributed by atoms with Gasteiger partial charge in [0.25, 0.3) is 0 Å². The van der Waals surface area contributed by atoms with Gasteiger partial charge in [0.15, 0.2) is 0 Å². The molecule has 2 rings (SSSR count). The molecule has 0 atom stereocenters. The Morgan fingerprint density at radius 1 is 1.18 bits per heavy atom. The van der Waals surface area contributed by atoms with Crippen LogP contribution in [0.2, 0.25) is 0 Å². The smallest absolute Gasteiger partial charge is 0.416 e. The van der Waals surface area contributed by atoms with E-state index in [2.05, 4.69) is 0 Å². The fraction of sp³-hybridized carbons (Fsp3) is 0.533. The number of alkyl halides is 3. The molecule has 1 aromatic rings. The third kappa shape index (κ3) is 5.93. The van der Waals surface area contributed by atoms with Gasteiger partial charge in [0, 0.05) is 13.1 Å². The number of halogens is 3. The molecule has 1 aromatic carbocycles. The Morgan fingerprint density at radius 2 is 1.77 bits per heavy atom. The van der Waals surface area contributed by atoms with Gasteiger partial charge in [-0.15, -0.1) is 0 Å². The van der Waals surface area contributed by atoms with Crippen molar-refractivity contribution in [2.75, 3.05) is 13.1 Å². The first-order valence-corrected chi connectivity index (χ1v) is 7.00. The molecule has 0 bridgehead atoms. The molecule has 0 radical (unpaired) electrons. The van der Waals surface area contributed by atoms with Crippen LogP contribution in [0.15, 0.2) is 18.2 Å². The largest absolute Gasteiger partial charge is 0.465 e. The molecule has 0 aliphatic carbocycles. The highest BCUT2D eigenvalue weighted by molar-refractivity contribution is 5.64. The van der Waals surface area contributed by atoms with Gasteiger partial charge >= 0.3 is 12.3 Å². The summed E-state index contributed by atoms with van der Waals surface area (Å²) in [5.74, 6) is 0. The number of rotatable bonds is 1. The van der Waals surface area contributed by atoms with Crippen molar-refractivity contribution in [1.29, 1.82) is 0 Å². The van der Waals surface area contributed by atoms with E-state index >= 15 is 0 Å². The van der Waals surface area contributed by atoms with Crippen molar-refractivity contribution in [3.8, 4) is 0 Å². The SMILES string of the molecule is Cc1cc(CO)cc(C(F)(F)F)c1.O=C(O)N1CCCCC1. The molecule has 0 unspecified atom stereocenters. The molecule has 1 amide bonds. The molecule has 0 aromatic heterocycles. The number of hydrogen-bond acceptors (Lipinski definition) is 2. The summed E-state index contributed by atoms with van der Waals surface area (Å²) in [6.45, 7) is 2.66. The molecule has 7 heteroatoms. The quantitative estimate of drug-likeness (QED) is 0.830. The van der Waals surface area contributed by atoms with Crippen LogP contribution in [-0.2, 0) is 12.8 Å². The lowest BCUT2D eigenvalue weighted by Crippen LogP contribution is -2.34. The van der Waals surface area contributed by atoms with Crippen molar-refractivity contribution in [2.45, 2.75) is 39.0 Å². The second-order valence-corrected chi connectivity index (χ2v) is 5.19. The van der Waals surface area contributed by atoms with Gasteiger partial charge in [-0.05, 0) is 43.9 Å². The number of carboxylic acid groups (broad SMARTS) is 1. The molecular weight excluding hydrogens is 299 g/mol. The summed E-state index contributed by atoms with van der Waals surface area (Å²) < 4.78 is 36.6. The molecule has 2 N–H and O–H groups in total. The molecule has 1 saturated heterocycles. The molecule has 1 heterocycles. The third-order valence-corrected chi connectivity index (χ3v) is 3.27. The highest BCUT2D eigenvalue weighted by atomic mass is 19.4. The van der Waals surface area contributed by atoms with Crippen LogP contribution in [0.5, 0.6) is 0 Å². The number of nitrogens with zero attached hydrogens (tertiary/aromatic N) is 1. The minimum atomic E-state index is -4.34. The van der Waals surface area contributed by atoms with Crippen molar-refractivity contribution in [1.82, 2.24) is 4.90 Å². The molecule has 1 aliphatic rings. The Labute approximate surface area is 127 Å². The van der Waals surface area contributed by atoms with E-state index in [9.17, 15) is 18.0 Å². The summed E-state index contributed by atoms with van der Waals surface area (Å²) in [7, 11) is 0. The molecule has 0 saturated carbocycles. The number of likely N-dealkylation sites (tertiary alicyclic amines) is 1. The summed E-state index contributed by atoms with van der Waals surface area (Å²) in [5, 5.41) is 17.1. The number of hydrogen-bond donors (Lipinski definition) is 2. The van der Waals surface area contributed by atoms with Gasteiger partial charge in [0.2, 0.25) is 0 Å². The first kappa shape index (κ1) is 18.3. The molecule has 1 fully saturated rings. The number of carbonyl (C=O) groups is 1. The Kier molecular flexibility index (Phi) is 6.67. The summed E-state index contributed by atoms with van der Waals surface area (Å²) in [6.07, 6.45) is -1.85. The second-order valence-electron chi connectivity index (χ2n) is 5.19. The molecular formula is C15H20F3NO3. The lowest BCUT2D eigenvalue weighted by Gasteiger charge is -2.22. The Hall–Kier alpha value is -1.76. The van der Waals surface area contributed by atoms with Crippen LogP contribution in [0.4, 0.5) is 18.0 Å². The van der Waals surface area contributed by atoms with Gasteiger partial charge in [0.1, 0.15) is 0 Å². The minimum absolute atomic E-state index is 0.285. The summed E-state index contributed by atoms with van der Waals surface area (Å²) in [5.41, 5.74) is 0.0720. The average Bonchev–Trinajstić information content (AvgIpc) is 2.47. The number of piperidine rings is 1. The summed E-state index contributed by atoms with van der Waals surface area (Å²) in [6, 6.07) is 3.53. The Bertz CT molecular complexity index is 497. The van der Waals surface area contributed by atoms with Gasteiger partial charge in [0.05, 0.1) is 12.2 Å². The van der Waals surface area contributed by atoms with E-state index in [4.69, 9.17) is 10.2 Å². The Balaban J connectivity index is 0.000000235. The van der Waals surface area contributed by atoms with Crippen LogP contribution in [0.1, 0.15) is 36.0 Å². The average molecular weight is 319 g/mol. The molecule has 124 valence electrons. The van der Waals surface area contributed by atoms with E-state index in [0.29, 0.717) is 5.56 Å². The van der Waals surface area contributed by atoms with Gasteiger partial charge in [-0.3, -0.25) is 0 Å². The van der Waals surface area contributed by atoms with Crippen LogP contribution in [0, 0.1) is 6.92 Å². The molecule has 1 aliphatic heterocycles. The van der Waals surface area contributed by atoms with Gasteiger partial charge in [-0.25, -0.2) is 4.79 Å². The van der Waals surface area contributed by atoms with Crippen molar-refractivity contribution < 1.29 is 28.2 Å². The molecule has 22 heavy (non-hydrogen) atoms. The van der Waals surface area contributed by atoms with Crippen LogP contribution in [0.25, 0.3) is 0 Å². The zero-order valence-corrected chi connectivity index (χ0v) is 12.4. The van der Waals surface area contributed by atoms with Crippen LogP contribution in [-0.4, -0.2) is 34.3 Å². The fourth-order valence-corrected chi connectivity index (χ4v) is 2.20. The van der Waals surface area contributed by atoms with Crippen LogP contribution < -0.4 is 0 Å². The normalized spacial score (nSPS) is 15.0. The third-order valence-electron chi connectivity index (χ3n) is 3.27. The van der Waals surface area contributed by atoms with E-state index < -0.39 is 17.8 Å². The van der Waals surface area contributed by atoms with E-state index in [1.807, 2.05) is 0 Å². The van der Waals surface area contributed by atoms with E-state index in [1.165, 1.54) is 17.4 Å². The minimum Gasteiger partial charge on any atom is -0.465 e. The number of aryl methyl sites for hydroxylation is 1. The first-order chi connectivity index (χ1) is 10.2. The van der Waals surface area contributed by atoms with E-state index in [-0.39, 0.29) is 12.2 Å². The highest BCUT2D eigenvalue weighted by Crippen LogP contribution is 2.30. The maximum atomic E-state index is 12.2. The lowest BCUT2D eigenvalue weighted by molar-refractivity contribution is -0.137. The van der Waals surface area contributed by atoms with Crippen molar-refractivity contribution in [3.05, 3.63) is 34.9 Å². The lowest BCUT2D eigenvalue weighted by atomic mass is 10.1. The molecule has 0 spiro atoms. The van der Waals surface area contributed by atoms with Gasteiger partial charge in [-0.2, -0.15) is 13.2 Å². The fourth-order valence-electron chi connectivity index (χ4n) is 2.20. The number of benzene rings is 1. The summed E-state index contributed by atoms with van der Waals surface area (Å²) in [4.78, 5) is 11.8. The predicted molar refractivity (Wildman–Crippen MR) is 75.6 cm³/mol. The topological polar surface area (TPSA) is 60.8 Å². The zero-order valence-electron chi connectivity index (χ0n) is 12.4. The first-order valence-electron chi connectivity index (χ1n) is 7.00.